The molecule has 2 aromatic carbocycles. The maximum atomic E-state index is 12.3. The van der Waals surface area contributed by atoms with Crippen LogP contribution >= 0.6 is 11.6 Å². The summed E-state index contributed by atoms with van der Waals surface area (Å²) < 4.78 is 25.5. The molecule has 29 heavy (non-hydrogen) atoms. The second-order valence-corrected chi connectivity index (χ2v) is 8.90. The molecule has 2 amide bonds. The minimum Gasteiger partial charge on any atom is -0.317 e. The van der Waals surface area contributed by atoms with E-state index in [2.05, 4.69) is 10.6 Å². The quantitative estimate of drug-likeness (QED) is 0.722. The third-order valence-corrected chi connectivity index (χ3v) is 6.52. The van der Waals surface area contributed by atoms with Crippen LogP contribution in [0.4, 0.5) is 17.1 Å². The van der Waals surface area contributed by atoms with Gasteiger partial charge in [0.05, 0.1) is 22.7 Å². The molecule has 1 aliphatic heterocycles. The molecule has 1 saturated heterocycles. The number of benzene rings is 2. The van der Waals surface area contributed by atoms with Crippen LogP contribution in [0, 0.1) is 18.3 Å². The molecule has 1 fully saturated rings. The molecule has 10 heteroatoms. The molecule has 0 unspecified atom stereocenters. The van der Waals surface area contributed by atoms with Gasteiger partial charge in [0.1, 0.15) is 6.07 Å². The maximum Gasteiger partial charge on any atom is 0.314 e. The lowest BCUT2D eigenvalue weighted by molar-refractivity contribution is -0.133. The van der Waals surface area contributed by atoms with Gasteiger partial charge in [-0.15, -0.1) is 0 Å². The van der Waals surface area contributed by atoms with Gasteiger partial charge in [-0.25, -0.2) is 8.42 Å². The van der Waals surface area contributed by atoms with Crippen molar-refractivity contribution >= 4 is 50.5 Å². The number of carbonyl (C=O) groups is 2. The van der Waals surface area contributed by atoms with Crippen molar-refractivity contribution in [2.45, 2.75) is 13.3 Å². The number of nitrogens with one attached hydrogen (secondary N) is 2. The summed E-state index contributed by atoms with van der Waals surface area (Å²) in [4.78, 5) is 24.6. The molecule has 2 aromatic rings. The van der Waals surface area contributed by atoms with Crippen LogP contribution in [0.1, 0.15) is 17.5 Å². The van der Waals surface area contributed by atoms with Gasteiger partial charge in [-0.3, -0.25) is 13.9 Å². The van der Waals surface area contributed by atoms with Crippen molar-refractivity contribution in [2.75, 3.05) is 27.2 Å². The minimum atomic E-state index is -3.37. The number of amides is 2. The largest absolute Gasteiger partial charge is 0.317 e. The highest BCUT2D eigenvalue weighted by atomic mass is 35.5. The van der Waals surface area contributed by atoms with Crippen molar-refractivity contribution in [3.63, 3.8) is 0 Å². The van der Waals surface area contributed by atoms with Crippen molar-refractivity contribution in [1.29, 1.82) is 5.26 Å². The Labute approximate surface area is 173 Å². The van der Waals surface area contributed by atoms with Crippen LogP contribution in [-0.2, 0) is 19.6 Å². The van der Waals surface area contributed by atoms with Gasteiger partial charge >= 0.3 is 11.8 Å². The van der Waals surface area contributed by atoms with E-state index in [1.165, 1.54) is 28.6 Å². The van der Waals surface area contributed by atoms with Crippen molar-refractivity contribution in [3.05, 3.63) is 52.5 Å². The molecule has 2 N–H and O–H groups in total. The summed E-state index contributed by atoms with van der Waals surface area (Å²) in [6, 6.07) is 11.0. The zero-order valence-electron chi connectivity index (χ0n) is 15.4. The van der Waals surface area contributed by atoms with Crippen LogP contribution in [0.2, 0.25) is 5.02 Å². The Bertz CT molecular complexity index is 1140. The predicted molar refractivity (Wildman–Crippen MR) is 110 cm³/mol. The van der Waals surface area contributed by atoms with Gasteiger partial charge in [-0.2, -0.15) is 5.26 Å². The number of hydrogen-bond donors (Lipinski definition) is 2. The van der Waals surface area contributed by atoms with Gasteiger partial charge in [-0.1, -0.05) is 17.7 Å². The molecule has 8 nitrogen and oxygen atoms in total. The summed E-state index contributed by atoms with van der Waals surface area (Å²) in [5.74, 6) is -1.87. The minimum absolute atomic E-state index is 0.0752. The van der Waals surface area contributed by atoms with E-state index >= 15 is 0 Å². The van der Waals surface area contributed by atoms with Crippen LogP contribution in [-0.4, -0.2) is 32.5 Å². The first kappa shape index (κ1) is 20.6. The van der Waals surface area contributed by atoms with Crippen LogP contribution in [0.15, 0.2) is 36.4 Å². The van der Waals surface area contributed by atoms with Gasteiger partial charge in [0.25, 0.3) is 0 Å². The van der Waals surface area contributed by atoms with Crippen molar-refractivity contribution in [2.24, 2.45) is 0 Å². The Balaban J connectivity index is 1.79. The first-order valence-electron chi connectivity index (χ1n) is 8.64. The molecule has 0 radical (unpaired) electrons. The number of aryl methyl sites for hydroxylation is 1. The van der Waals surface area contributed by atoms with E-state index in [9.17, 15) is 18.0 Å². The highest BCUT2D eigenvalue weighted by molar-refractivity contribution is 7.93. The summed E-state index contributed by atoms with van der Waals surface area (Å²) in [6.07, 6.45) is 0.529. The van der Waals surface area contributed by atoms with E-state index in [1.807, 2.05) is 6.07 Å². The molecule has 0 aliphatic carbocycles. The number of hydrogen-bond acceptors (Lipinski definition) is 5. The molecule has 0 spiro atoms. The number of nitriles is 1. The van der Waals surface area contributed by atoms with Crippen molar-refractivity contribution in [1.82, 2.24) is 0 Å². The number of rotatable bonds is 3. The SMILES string of the molecule is Cc1ccc(N2CCCS2(=O)=O)cc1NC(=O)C(=O)Nc1cc(Cl)ccc1C#N. The van der Waals surface area contributed by atoms with Crippen LogP contribution < -0.4 is 14.9 Å². The maximum absolute atomic E-state index is 12.3. The van der Waals surface area contributed by atoms with Crippen molar-refractivity contribution in [3.8, 4) is 6.07 Å². The average molecular weight is 433 g/mol. The highest BCUT2D eigenvalue weighted by Gasteiger charge is 2.29. The highest BCUT2D eigenvalue weighted by Crippen LogP contribution is 2.28. The molecule has 0 saturated carbocycles. The predicted octanol–water partition coefficient (Wildman–Crippen LogP) is 2.64. The smallest absolute Gasteiger partial charge is 0.314 e. The van der Waals surface area contributed by atoms with Gasteiger partial charge in [-0.05, 0) is 49.2 Å². The zero-order chi connectivity index (χ0) is 21.2. The van der Waals surface area contributed by atoms with Gasteiger partial charge in [0.2, 0.25) is 10.0 Å². The van der Waals surface area contributed by atoms with Crippen LogP contribution in [0.5, 0.6) is 0 Å². The Hall–Kier alpha value is -3.09. The number of halogens is 1. The molecule has 0 bridgehead atoms. The van der Waals surface area contributed by atoms with E-state index in [0.717, 1.165) is 0 Å². The zero-order valence-corrected chi connectivity index (χ0v) is 17.0. The fourth-order valence-electron chi connectivity index (χ4n) is 2.90. The molecular weight excluding hydrogens is 416 g/mol. The molecule has 1 aliphatic rings. The fraction of sp³-hybridized carbons (Fsp3) is 0.211. The molecule has 0 atom stereocenters. The number of carbonyl (C=O) groups excluding carboxylic acids is 2. The van der Waals surface area contributed by atoms with Gasteiger partial charge < -0.3 is 10.6 Å². The molecule has 0 aromatic heterocycles. The second-order valence-electron chi connectivity index (χ2n) is 6.45. The van der Waals surface area contributed by atoms with E-state index < -0.39 is 21.8 Å². The number of anilines is 3. The first-order chi connectivity index (χ1) is 13.7. The Kier molecular flexibility index (Phi) is 5.77. The average Bonchev–Trinajstić information content (AvgIpc) is 3.02. The van der Waals surface area contributed by atoms with Crippen molar-refractivity contribution < 1.29 is 18.0 Å². The van der Waals surface area contributed by atoms with E-state index in [1.54, 1.807) is 19.1 Å². The number of nitrogens with zero attached hydrogens (tertiary/aromatic N) is 2. The monoisotopic (exact) mass is 432 g/mol. The summed E-state index contributed by atoms with van der Waals surface area (Å²) >= 11 is 5.88. The molecule has 3 rings (SSSR count). The second kappa shape index (κ2) is 8.11. The lowest BCUT2D eigenvalue weighted by atomic mass is 10.1. The summed E-state index contributed by atoms with van der Waals surface area (Å²) in [5, 5.41) is 14.3. The normalized spacial score (nSPS) is 14.9. The summed E-state index contributed by atoms with van der Waals surface area (Å²) in [6.45, 7) is 2.09. The molecule has 1 heterocycles. The molecule has 150 valence electrons. The lowest BCUT2D eigenvalue weighted by Crippen LogP contribution is -2.30. The molecular formula is C19H17ClN4O4S. The van der Waals surface area contributed by atoms with E-state index in [4.69, 9.17) is 16.9 Å². The standard InChI is InChI=1S/C19H17ClN4O4S/c1-12-3-6-15(24-7-2-8-29(24,27)28)10-16(12)22-18(25)19(26)23-17-9-14(20)5-4-13(17)11-21/h3-6,9-10H,2,7-8H2,1H3,(H,22,25)(H,23,26). The summed E-state index contributed by atoms with van der Waals surface area (Å²) in [7, 11) is -3.37. The van der Waals surface area contributed by atoms with Crippen LogP contribution in [0.25, 0.3) is 0 Å². The Morgan fingerprint density at radius 3 is 2.41 bits per heavy atom. The Morgan fingerprint density at radius 1 is 1.10 bits per heavy atom. The van der Waals surface area contributed by atoms with E-state index in [0.29, 0.717) is 34.9 Å². The van der Waals surface area contributed by atoms with Gasteiger partial charge in [0.15, 0.2) is 0 Å². The fourth-order valence-corrected chi connectivity index (χ4v) is 4.63. The third-order valence-electron chi connectivity index (χ3n) is 4.41. The van der Waals surface area contributed by atoms with Crippen LogP contribution in [0.3, 0.4) is 0 Å². The Morgan fingerprint density at radius 2 is 1.79 bits per heavy atom. The first-order valence-corrected chi connectivity index (χ1v) is 10.6. The third kappa shape index (κ3) is 4.50. The van der Waals surface area contributed by atoms with Gasteiger partial charge in [0, 0.05) is 17.3 Å². The number of sulfonamides is 1. The lowest BCUT2D eigenvalue weighted by Gasteiger charge is -2.19. The summed E-state index contributed by atoms with van der Waals surface area (Å²) in [5.41, 5.74) is 1.68. The topological polar surface area (TPSA) is 119 Å². The van der Waals surface area contributed by atoms with E-state index in [-0.39, 0.29) is 17.0 Å².